The van der Waals surface area contributed by atoms with E-state index in [0.717, 1.165) is 76.9 Å². The normalized spacial score (nSPS) is 11.6. The van der Waals surface area contributed by atoms with Crippen molar-refractivity contribution in [3.8, 4) is 34.3 Å². The van der Waals surface area contributed by atoms with Crippen LogP contribution in [-0.4, -0.2) is 14.5 Å². The first-order valence-corrected chi connectivity index (χ1v) is 14.5. The van der Waals surface area contributed by atoms with E-state index in [0.29, 0.717) is 11.6 Å². The molecule has 5 nitrogen and oxygen atoms in total. The fraction of sp³-hybridized carbons (Fsp3) is 0. The van der Waals surface area contributed by atoms with E-state index in [-0.39, 0.29) is 0 Å². The third kappa shape index (κ3) is 3.58. The average molecular weight is 563 g/mol. The Morgan fingerprint density at radius 3 is 2.14 bits per heavy atom. The molecule has 0 bridgehead atoms. The summed E-state index contributed by atoms with van der Waals surface area (Å²) in [6.45, 7) is 0. The molecule has 0 atom stereocenters. The Morgan fingerprint density at radius 1 is 0.545 bits per heavy atom. The summed E-state index contributed by atoms with van der Waals surface area (Å²) >= 11 is 0. The van der Waals surface area contributed by atoms with Gasteiger partial charge in [0.05, 0.1) is 16.6 Å². The molecule has 6 aromatic carbocycles. The van der Waals surface area contributed by atoms with Crippen molar-refractivity contribution in [1.29, 1.82) is 5.26 Å². The van der Waals surface area contributed by atoms with Crippen molar-refractivity contribution < 1.29 is 4.42 Å². The SMILES string of the molecule is N#Cc1nc(-n2c3ccc(-c4ccc5oc6ccccc6c5c4)cc3c3c(-c4ccccc4)cccc32)nc2ccccc12. The fourth-order valence-electron chi connectivity index (χ4n) is 6.48. The molecule has 3 heterocycles. The largest absolute Gasteiger partial charge is 0.456 e. The molecule has 0 aliphatic carbocycles. The zero-order valence-electron chi connectivity index (χ0n) is 23.4. The van der Waals surface area contributed by atoms with Gasteiger partial charge in [-0.2, -0.15) is 5.26 Å². The highest BCUT2D eigenvalue weighted by Crippen LogP contribution is 2.40. The highest BCUT2D eigenvalue weighted by molar-refractivity contribution is 6.16. The first kappa shape index (κ1) is 24.4. The van der Waals surface area contributed by atoms with Crippen molar-refractivity contribution in [2.45, 2.75) is 0 Å². The molecule has 0 fully saturated rings. The molecule has 0 saturated heterocycles. The molecule has 0 spiro atoms. The molecular formula is C39H22N4O. The van der Waals surface area contributed by atoms with Crippen molar-refractivity contribution in [3.63, 3.8) is 0 Å². The van der Waals surface area contributed by atoms with Crippen molar-refractivity contribution in [3.05, 3.63) is 139 Å². The Balaban J connectivity index is 1.35. The summed E-state index contributed by atoms with van der Waals surface area (Å²) in [7, 11) is 0. The molecule has 9 aromatic rings. The molecule has 0 unspecified atom stereocenters. The Hall–Kier alpha value is -6.25. The summed E-state index contributed by atoms with van der Waals surface area (Å²) in [5.74, 6) is 0.476. The predicted octanol–water partition coefficient (Wildman–Crippen LogP) is 9.83. The third-order valence-corrected chi connectivity index (χ3v) is 8.48. The molecule has 0 aliphatic heterocycles. The van der Waals surface area contributed by atoms with Crippen molar-refractivity contribution >= 4 is 54.6 Å². The maximum Gasteiger partial charge on any atom is 0.236 e. The van der Waals surface area contributed by atoms with Crippen molar-refractivity contribution in [2.75, 3.05) is 0 Å². The van der Waals surface area contributed by atoms with E-state index in [1.165, 1.54) is 0 Å². The number of rotatable bonds is 3. The summed E-state index contributed by atoms with van der Waals surface area (Å²) in [6, 6.07) is 47.8. The molecule has 0 radical (unpaired) electrons. The minimum atomic E-state index is 0.358. The maximum absolute atomic E-state index is 10.0. The van der Waals surface area contributed by atoms with Gasteiger partial charge in [0.1, 0.15) is 17.2 Å². The lowest BCUT2D eigenvalue weighted by molar-refractivity contribution is 0.669. The number of nitriles is 1. The smallest absolute Gasteiger partial charge is 0.236 e. The monoisotopic (exact) mass is 562 g/mol. The van der Waals surface area contributed by atoms with Crippen LogP contribution in [0.25, 0.3) is 82.8 Å². The first-order valence-electron chi connectivity index (χ1n) is 14.5. The molecule has 3 aromatic heterocycles. The number of nitrogens with zero attached hydrogens (tertiary/aromatic N) is 4. The predicted molar refractivity (Wildman–Crippen MR) is 177 cm³/mol. The topological polar surface area (TPSA) is 67.6 Å². The summed E-state index contributed by atoms with van der Waals surface area (Å²) in [5, 5.41) is 15.2. The molecule has 44 heavy (non-hydrogen) atoms. The Kier molecular flexibility index (Phi) is 5.19. The summed E-state index contributed by atoms with van der Waals surface area (Å²) in [4.78, 5) is 9.74. The molecule has 5 heteroatoms. The Labute approximate surface area is 251 Å². The van der Waals surface area contributed by atoms with Crippen LogP contribution in [0.15, 0.2) is 138 Å². The second-order valence-corrected chi connectivity index (χ2v) is 10.9. The number of furan rings is 1. The third-order valence-electron chi connectivity index (χ3n) is 8.48. The standard InChI is InChI=1S/C39H22N4O/c40-23-33-29-12-4-6-14-32(29)41-39(42-33)43-34-19-17-25(26-18-20-37-30(21-26)28-11-5-7-16-36(28)44-37)22-31(34)38-27(13-8-15-35(38)43)24-9-2-1-3-10-24/h1-22H. The van der Waals surface area contributed by atoms with Crippen LogP contribution in [0.3, 0.4) is 0 Å². The lowest BCUT2D eigenvalue weighted by atomic mass is 9.97. The summed E-state index contributed by atoms with van der Waals surface area (Å²) in [5.41, 5.74) is 9.28. The van der Waals surface area contributed by atoms with Crippen molar-refractivity contribution in [1.82, 2.24) is 14.5 Å². The lowest BCUT2D eigenvalue weighted by Crippen LogP contribution is -2.03. The van der Waals surface area contributed by atoms with Crippen LogP contribution in [-0.2, 0) is 0 Å². The average Bonchev–Trinajstić information content (AvgIpc) is 3.63. The fourth-order valence-corrected chi connectivity index (χ4v) is 6.48. The van der Waals surface area contributed by atoms with E-state index in [1.807, 2.05) is 48.5 Å². The number of benzene rings is 6. The van der Waals surface area contributed by atoms with E-state index < -0.39 is 0 Å². The quantitative estimate of drug-likeness (QED) is 0.215. The zero-order valence-corrected chi connectivity index (χ0v) is 23.4. The molecule has 0 aliphatic rings. The molecule has 0 saturated carbocycles. The van der Waals surface area contributed by atoms with Gasteiger partial charge in [0.2, 0.25) is 5.95 Å². The second kappa shape index (κ2) is 9.38. The minimum absolute atomic E-state index is 0.358. The lowest BCUT2D eigenvalue weighted by Gasteiger charge is -2.09. The van der Waals surface area contributed by atoms with E-state index in [4.69, 9.17) is 14.4 Å². The number of hydrogen-bond donors (Lipinski definition) is 0. The van der Waals surface area contributed by atoms with Crippen LogP contribution < -0.4 is 0 Å². The van der Waals surface area contributed by atoms with E-state index in [9.17, 15) is 5.26 Å². The first-order chi connectivity index (χ1) is 21.8. The summed E-state index contributed by atoms with van der Waals surface area (Å²) < 4.78 is 8.18. The zero-order chi connectivity index (χ0) is 29.2. The van der Waals surface area contributed by atoms with Crippen LogP contribution in [0.1, 0.15) is 5.69 Å². The van der Waals surface area contributed by atoms with Gasteiger partial charge in [-0.25, -0.2) is 9.97 Å². The van der Waals surface area contributed by atoms with Crippen LogP contribution in [0, 0.1) is 11.3 Å². The van der Waals surface area contributed by atoms with Crippen LogP contribution in [0.2, 0.25) is 0 Å². The van der Waals surface area contributed by atoms with Gasteiger partial charge in [0, 0.05) is 26.9 Å². The number of hydrogen-bond acceptors (Lipinski definition) is 4. The van der Waals surface area contributed by atoms with Gasteiger partial charge >= 0.3 is 0 Å². The van der Waals surface area contributed by atoms with Gasteiger partial charge in [0.25, 0.3) is 0 Å². The molecule has 9 rings (SSSR count). The van der Waals surface area contributed by atoms with Gasteiger partial charge < -0.3 is 4.42 Å². The molecular weight excluding hydrogens is 540 g/mol. The van der Waals surface area contributed by atoms with E-state index in [2.05, 4.69) is 95.6 Å². The molecule has 204 valence electrons. The molecule has 0 N–H and O–H groups in total. The Bertz CT molecular complexity index is 2620. The summed E-state index contributed by atoms with van der Waals surface area (Å²) in [6.07, 6.45) is 0. The van der Waals surface area contributed by atoms with Gasteiger partial charge in [-0.3, -0.25) is 4.57 Å². The Morgan fingerprint density at radius 2 is 1.27 bits per heavy atom. The highest BCUT2D eigenvalue weighted by atomic mass is 16.3. The molecule has 0 amide bonds. The van der Waals surface area contributed by atoms with Crippen LogP contribution >= 0.6 is 0 Å². The van der Waals surface area contributed by atoms with Gasteiger partial charge in [-0.05, 0) is 70.8 Å². The highest BCUT2D eigenvalue weighted by Gasteiger charge is 2.20. The van der Waals surface area contributed by atoms with Gasteiger partial charge in [-0.15, -0.1) is 0 Å². The second-order valence-electron chi connectivity index (χ2n) is 10.9. The van der Waals surface area contributed by atoms with Crippen LogP contribution in [0.4, 0.5) is 0 Å². The minimum Gasteiger partial charge on any atom is -0.456 e. The van der Waals surface area contributed by atoms with Gasteiger partial charge in [0.15, 0.2) is 5.69 Å². The number of aromatic nitrogens is 3. The van der Waals surface area contributed by atoms with Crippen molar-refractivity contribution in [2.24, 2.45) is 0 Å². The maximum atomic E-state index is 10.0. The number of fused-ring (bicyclic) bond motifs is 7. The van der Waals surface area contributed by atoms with E-state index in [1.54, 1.807) is 0 Å². The van der Waals surface area contributed by atoms with Crippen LogP contribution in [0.5, 0.6) is 0 Å². The van der Waals surface area contributed by atoms with E-state index >= 15 is 0 Å². The van der Waals surface area contributed by atoms with Gasteiger partial charge in [-0.1, -0.05) is 84.9 Å². The number of para-hydroxylation sites is 2.